The second-order valence-electron chi connectivity index (χ2n) is 6.74. The molecule has 0 spiro atoms. The Bertz CT molecular complexity index is 735. The summed E-state index contributed by atoms with van der Waals surface area (Å²) in [7, 11) is 0. The Labute approximate surface area is 190 Å². The molecule has 0 amide bonds. The van der Waals surface area contributed by atoms with Crippen molar-refractivity contribution in [3.05, 3.63) is 58.6 Å². The van der Waals surface area contributed by atoms with E-state index in [1.807, 2.05) is 0 Å². The summed E-state index contributed by atoms with van der Waals surface area (Å²) in [6.07, 6.45) is 0. The molecule has 0 unspecified atom stereocenters. The normalized spacial score (nSPS) is 10.7. The number of benzene rings is 2. The van der Waals surface area contributed by atoms with E-state index in [1.165, 1.54) is 27.7 Å². The number of carboxylic acid groups (broad SMARTS) is 2. The molecule has 0 saturated carbocycles. The number of carboxylic acids is 2. The van der Waals surface area contributed by atoms with Gasteiger partial charge in [-0.15, -0.1) is 0 Å². The average molecular weight is 459 g/mol. The third kappa shape index (κ3) is 9.42. The fourth-order valence-corrected chi connectivity index (χ4v) is 1.93. The van der Waals surface area contributed by atoms with Crippen molar-refractivity contribution in [3.63, 3.8) is 0 Å². The zero-order valence-electron chi connectivity index (χ0n) is 15.9. The summed E-state index contributed by atoms with van der Waals surface area (Å²) >= 11 is 11.3. The van der Waals surface area contributed by atoms with Gasteiger partial charge in [0.25, 0.3) is 0 Å². The highest BCUT2D eigenvalue weighted by atomic mass is 35.5. The molecule has 6 nitrogen and oxygen atoms in total. The number of rotatable bonds is 6. The lowest BCUT2D eigenvalue weighted by atomic mass is 10.1. The molecule has 0 aromatic heterocycles. The largest absolute Gasteiger partial charge is 0.478 e. The lowest BCUT2D eigenvalue weighted by Crippen LogP contribution is -2.37. The van der Waals surface area contributed by atoms with E-state index >= 15 is 0 Å². The van der Waals surface area contributed by atoms with Gasteiger partial charge in [-0.1, -0.05) is 23.2 Å². The molecule has 0 saturated heterocycles. The second-order valence-corrected chi connectivity index (χ2v) is 7.62. The summed E-state index contributed by atoms with van der Waals surface area (Å²) in [5.74, 6) is -1.04. The summed E-state index contributed by atoms with van der Waals surface area (Å²) in [4.78, 5) is 21.5. The van der Waals surface area contributed by atoms with Gasteiger partial charge in [0.15, 0.2) is 28.6 Å². The van der Waals surface area contributed by atoms with Gasteiger partial charge in [0.2, 0.25) is 0 Å². The maximum atomic E-state index is 10.7. The van der Waals surface area contributed by atoms with Crippen LogP contribution in [-0.4, -0.2) is 50.7 Å². The average Bonchev–Trinajstić information content (AvgIpc) is 2.59. The SMILES string of the molecule is CC(C)(Oc1ccc(Cl)cc1)C(=O)O.CC(C)(Oc1ccc(Cl)cc1)C(=O)O.[AlH3]. The van der Waals surface area contributed by atoms with E-state index in [4.69, 9.17) is 42.9 Å². The molecular formula is C20H25AlCl2O6. The summed E-state index contributed by atoms with van der Waals surface area (Å²) in [6, 6.07) is 13.1. The van der Waals surface area contributed by atoms with E-state index in [1.54, 1.807) is 48.5 Å². The van der Waals surface area contributed by atoms with Gasteiger partial charge in [-0.2, -0.15) is 0 Å². The number of aliphatic carboxylic acids is 2. The summed E-state index contributed by atoms with van der Waals surface area (Å²) in [5, 5.41) is 18.8. The van der Waals surface area contributed by atoms with Gasteiger partial charge in [-0.25, -0.2) is 9.59 Å². The van der Waals surface area contributed by atoms with Gasteiger partial charge in [-0.3, -0.25) is 0 Å². The van der Waals surface area contributed by atoms with E-state index in [0.29, 0.717) is 21.5 Å². The molecule has 0 bridgehead atoms. The minimum atomic E-state index is -1.23. The number of carbonyl (C=O) groups is 2. The number of ether oxygens (including phenoxy) is 2. The predicted molar refractivity (Wildman–Crippen MR) is 118 cm³/mol. The zero-order chi connectivity index (χ0) is 21.5. The number of hydrogen-bond donors (Lipinski definition) is 2. The van der Waals surface area contributed by atoms with Gasteiger partial charge in [0.05, 0.1) is 0 Å². The van der Waals surface area contributed by atoms with Crippen LogP contribution in [0.3, 0.4) is 0 Å². The first-order chi connectivity index (χ1) is 12.8. The molecule has 29 heavy (non-hydrogen) atoms. The van der Waals surface area contributed by atoms with Crippen LogP contribution in [0.5, 0.6) is 11.5 Å². The second kappa shape index (κ2) is 11.3. The van der Waals surface area contributed by atoms with Crippen molar-refractivity contribution in [1.29, 1.82) is 0 Å². The Morgan fingerprint density at radius 3 is 1.14 bits per heavy atom. The predicted octanol–water partition coefficient (Wildman–Crippen LogP) is 3.98. The highest BCUT2D eigenvalue weighted by molar-refractivity contribution is 6.30. The highest BCUT2D eigenvalue weighted by Crippen LogP contribution is 2.21. The lowest BCUT2D eigenvalue weighted by molar-refractivity contribution is -0.152. The summed E-state index contributed by atoms with van der Waals surface area (Å²) < 4.78 is 10.5. The van der Waals surface area contributed by atoms with Crippen LogP contribution in [0.1, 0.15) is 27.7 Å². The van der Waals surface area contributed by atoms with Crippen LogP contribution in [0.15, 0.2) is 48.5 Å². The highest BCUT2D eigenvalue weighted by Gasteiger charge is 2.29. The van der Waals surface area contributed by atoms with Crippen molar-refractivity contribution < 1.29 is 29.3 Å². The Morgan fingerprint density at radius 2 is 0.931 bits per heavy atom. The van der Waals surface area contributed by atoms with Gasteiger partial charge in [0, 0.05) is 10.0 Å². The Kier molecular flexibility index (Phi) is 10.6. The third-order valence-electron chi connectivity index (χ3n) is 3.40. The molecule has 2 aromatic rings. The molecule has 0 aliphatic rings. The minimum absolute atomic E-state index is 0. The number of halogens is 2. The zero-order valence-corrected chi connectivity index (χ0v) is 17.4. The maximum absolute atomic E-state index is 10.7. The van der Waals surface area contributed by atoms with Crippen LogP contribution in [0.25, 0.3) is 0 Å². The lowest BCUT2D eigenvalue weighted by Gasteiger charge is -2.21. The molecule has 0 radical (unpaired) electrons. The molecule has 2 aromatic carbocycles. The molecule has 0 heterocycles. The van der Waals surface area contributed by atoms with Gasteiger partial charge < -0.3 is 19.7 Å². The standard InChI is InChI=1S/2C10H11ClO3.Al.3H/c2*1-10(2,9(12)13)14-8-5-3-7(11)4-6-8;;;;/h2*3-6H,1-2H3,(H,12,13);;;;. The van der Waals surface area contributed by atoms with Gasteiger partial charge >= 0.3 is 11.9 Å². The molecule has 9 heteroatoms. The minimum Gasteiger partial charge on any atom is -0.478 e. The van der Waals surface area contributed by atoms with Crippen LogP contribution in [0, 0.1) is 0 Å². The molecule has 2 rings (SSSR count). The van der Waals surface area contributed by atoms with Crippen molar-refractivity contribution in [2.45, 2.75) is 38.9 Å². The molecule has 0 aliphatic heterocycles. The first kappa shape index (κ1) is 27.1. The Morgan fingerprint density at radius 1 is 0.690 bits per heavy atom. The fraction of sp³-hybridized carbons (Fsp3) is 0.300. The third-order valence-corrected chi connectivity index (χ3v) is 3.91. The fourth-order valence-electron chi connectivity index (χ4n) is 1.68. The van der Waals surface area contributed by atoms with Crippen molar-refractivity contribution in [1.82, 2.24) is 0 Å². The van der Waals surface area contributed by atoms with Crippen LogP contribution >= 0.6 is 23.2 Å². The van der Waals surface area contributed by atoms with Gasteiger partial charge in [-0.05, 0) is 76.2 Å². The first-order valence-corrected chi connectivity index (χ1v) is 8.95. The topological polar surface area (TPSA) is 93.1 Å². The van der Waals surface area contributed by atoms with Crippen molar-refractivity contribution >= 4 is 52.5 Å². The van der Waals surface area contributed by atoms with E-state index in [9.17, 15) is 9.59 Å². The quantitative estimate of drug-likeness (QED) is 0.635. The van der Waals surface area contributed by atoms with Gasteiger partial charge in [0.1, 0.15) is 11.5 Å². The van der Waals surface area contributed by atoms with Crippen molar-refractivity contribution in [3.8, 4) is 11.5 Å². The van der Waals surface area contributed by atoms with Crippen molar-refractivity contribution in [2.75, 3.05) is 0 Å². The van der Waals surface area contributed by atoms with Crippen molar-refractivity contribution in [2.24, 2.45) is 0 Å². The van der Waals surface area contributed by atoms with E-state index in [0.717, 1.165) is 0 Å². The van der Waals surface area contributed by atoms with E-state index < -0.39 is 23.1 Å². The van der Waals surface area contributed by atoms with Crippen LogP contribution in [0.2, 0.25) is 10.0 Å². The molecule has 0 atom stereocenters. The molecule has 158 valence electrons. The Hall–Kier alpha value is -1.91. The smallest absolute Gasteiger partial charge is 0.347 e. The molecular weight excluding hydrogens is 434 g/mol. The van der Waals surface area contributed by atoms with Crippen LogP contribution < -0.4 is 9.47 Å². The monoisotopic (exact) mass is 458 g/mol. The first-order valence-electron chi connectivity index (χ1n) is 8.19. The summed E-state index contributed by atoms with van der Waals surface area (Å²) in [6.45, 7) is 5.96. The number of hydrogen-bond acceptors (Lipinski definition) is 4. The summed E-state index contributed by atoms with van der Waals surface area (Å²) in [5.41, 5.74) is -2.46. The van der Waals surface area contributed by atoms with E-state index in [2.05, 4.69) is 0 Å². The van der Waals surface area contributed by atoms with E-state index in [-0.39, 0.29) is 17.4 Å². The van der Waals surface area contributed by atoms with Crippen LogP contribution in [0.4, 0.5) is 0 Å². The molecule has 0 fully saturated rings. The molecule has 2 N–H and O–H groups in total. The Balaban J connectivity index is 0.000000523. The molecule has 0 aliphatic carbocycles. The van der Waals surface area contributed by atoms with Crippen LogP contribution in [-0.2, 0) is 9.59 Å². The maximum Gasteiger partial charge on any atom is 0.347 e.